The molecule has 2 aromatic carbocycles. The fourth-order valence-electron chi connectivity index (χ4n) is 3.44. The number of nitrogens with zero attached hydrogens (tertiary/aromatic N) is 2. The number of benzene rings is 2. The van der Waals surface area contributed by atoms with Crippen LogP contribution in [0.3, 0.4) is 0 Å². The average molecular weight is 380 g/mol. The quantitative estimate of drug-likeness (QED) is 0.808. The van der Waals surface area contributed by atoms with Crippen LogP contribution >= 0.6 is 0 Å². The van der Waals surface area contributed by atoms with Gasteiger partial charge in [-0.2, -0.15) is 0 Å². The van der Waals surface area contributed by atoms with Gasteiger partial charge in [0.2, 0.25) is 11.8 Å². The minimum absolute atomic E-state index is 0.0364. The van der Waals surface area contributed by atoms with Crippen LogP contribution in [0.2, 0.25) is 0 Å². The van der Waals surface area contributed by atoms with Gasteiger partial charge < -0.3 is 20.4 Å². The first-order chi connectivity index (χ1) is 13.5. The number of likely N-dealkylation sites (N-methyl/N-ethyl adjacent to an activating group) is 1. The van der Waals surface area contributed by atoms with Crippen molar-refractivity contribution in [3.63, 3.8) is 0 Å². The highest BCUT2D eigenvalue weighted by molar-refractivity contribution is 5.95. The second kappa shape index (κ2) is 8.78. The smallest absolute Gasteiger partial charge is 0.243 e. The Morgan fingerprint density at radius 2 is 1.82 bits per heavy atom. The van der Waals surface area contributed by atoms with Crippen LogP contribution in [0.5, 0.6) is 0 Å². The molecule has 6 nitrogen and oxygen atoms in total. The molecule has 0 radical (unpaired) electrons. The molecule has 0 spiro atoms. The lowest BCUT2D eigenvalue weighted by molar-refractivity contribution is -0.123. The van der Waals surface area contributed by atoms with E-state index in [-0.39, 0.29) is 24.9 Å². The highest BCUT2D eigenvalue weighted by Gasteiger charge is 2.22. The molecule has 0 fully saturated rings. The number of hydrogen-bond donors (Lipinski definition) is 2. The van der Waals surface area contributed by atoms with E-state index in [9.17, 15) is 9.59 Å². The van der Waals surface area contributed by atoms with Crippen molar-refractivity contribution < 1.29 is 9.59 Å². The van der Waals surface area contributed by atoms with Crippen molar-refractivity contribution >= 4 is 28.9 Å². The molecule has 0 saturated heterocycles. The van der Waals surface area contributed by atoms with Crippen LogP contribution in [0.25, 0.3) is 0 Å². The molecular weight excluding hydrogens is 352 g/mol. The van der Waals surface area contributed by atoms with E-state index < -0.39 is 0 Å². The predicted molar refractivity (Wildman–Crippen MR) is 114 cm³/mol. The number of fused-ring (bicyclic) bond motifs is 1. The summed E-state index contributed by atoms with van der Waals surface area (Å²) < 4.78 is 0. The summed E-state index contributed by atoms with van der Waals surface area (Å²) in [5.74, 6) is -0.375. The molecule has 0 aromatic heterocycles. The fourth-order valence-corrected chi connectivity index (χ4v) is 3.44. The number of amides is 2. The topological polar surface area (TPSA) is 64.7 Å². The number of hydrogen-bond acceptors (Lipinski definition) is 4. The van der Waals surface area contributed by atoms with Crippen molar-refractivity contribution in [2.45, 2.75) is 20.3 Å². The normalized spacial score (nSPS) is 13.1. The van der Waals surface area contributed by atoms with Gasteiger partial charge in [-0.1, -0.05) is 31.2 Å². The molecular formula is C22H28N4O2. The zero-order valence-corrected chi connectivity index (χ0v) is 16.8. The highest BCUT2D eigenvalue weighted by Crippen LogP contribution is 2.32. The summed E-state index contributed by atoms with van der Waals surface area (Å²) in [5, 5.41) is 5.61. The number of rotatable bonds is 6. The Labute approximate surface area is 166 Å². The Morgan fingerprint density at radius 1 is 1.04 bits per heavy atom. The molecule has 3 rings (SSSR count). The number of anilines is 3. The predicted octanol–water partition coefficient (Wildman–Crippen LogP) is 2.57. The van der Waals surface area contributed by atoms with E-state index in [1.807, 2.05) is 38.1 Å². The van der Waals surface area contributed by atoms with Crippen LogP contribution in [-0.4, -0.2) is 45.0 Å². The van der Waals surface area contributed by atoms with Crippen molar-refractivity contribution in [2.24, 2.45) is 0 Å². The Balaban J connectivity index is 1.56. The van der Waals surface area contributed by atoms with Gasteiger partial charge in [0, 0.05) is 25.8 Å². The number of aryl methyl sites for hydroxylation is 2. The summed E-state index contributed by atoms with van der Waals surface area (Å²) in [6, 6.07) is 14.0. The molecule has 2 amide bonds. The molecule has 1 aliphatic heterocycles. The first kappa shape index (κ1) is 19.7. The zero-order valence-electron chi connectivity index (χ0n) is 16.8. The van der Waals surface area contributed by atoms with E-state index in [4.69, 9.17) is 0 Å². The van der Waals surface area contributed by atoms with Crippen LogP contribution in [0.15, 0.2) is 42.5 Å². The molecule has 0 atom stereocenters. The lowest BCUT2D eigenvalue weighted by Gasteiger charge is -2.36. The van der Waals surface area contributed by atoms with E-state index in [2.05, 4.69) is 45.7 Å². The molecule has 0 bridgehead atoms. The number of nitrogens with one attached hydrogen (secondary N) is 2. The van der Waals surface area contributed by atoms with E-state index in [1.165, 1.54) is 0 Å². The molecule has 148 valence electrons. The van der Waals surface area contributed by atoms with Crippen molar-refractivity contribution in [2.75, 3.05) is 48.3 Å². The van der Waals surface area contributed by atoms with Gasteiger partial charge in [0.15, 0.2) is 0 Å². The summed E-state index contributed by atoms with van der Waals surface area (Å²) in [6.45, 7) is 5.93. The Hall–Kier alpha value is -3.02. The fraction of sp³-hybridized carbons (Fsp3) is 0.364. The average Bonchev–Trinajstić information content (AvgIpc) is 2.69. The Morgan fingerprint density at radius 3 is 2.61 bits per heavy atom. The Kier molecular flexibility index (Phi) is 6.19. The summed E-state index contributed by atoms with van der Waals surface area (Å²) in [4.78, 5) is 28.9. The van der Waals surface area contributed by atoms with E-state index in [0.29, 0.717) is 0 Å². The second-order valence-corrected chi connectivity index (χ2v) is 7.17. The SMILES string of the molecule is CCc1ccccc1NC(=O)CNC(=O)CN1CCN(C)c2ccc(C)cc21. The van der Waals surface area contributed by atoms with Gasteiger partial charge >= 0.3 is 0 Å². The molecule has 1 aliphatic rings. The van der Waals surface area contributed by atoms with Gasteiger partial charge in [0.25, 0.3) is 0 Å². The van der Waals surface area contributed by atoms with Crippen molar-refractivity contribution in [3.05, 3.63) is 53.6 Å². The summed E-state index contributed by atoms with van der Waals surface area (Å²) >= 11 is 0. The lowest BCUT2D eigenvalue weighted by Crippen LogP contribution is -2.45. The minimum atomic E-state index is -0.219. The maximum absolute atomic E-state index is 12.4. The second-order valence-electron chi connectivity index (χ2n) is 7.17. The summed E-state index contributed by atoms with van der Waals surface area (Å²) in [5.41, 5.74) is 5.22. The van der Waals surface area contributed by atoms with Gasteiger partial charge in [-0.3, -0.25) is 9.59 Å². The number of carbonyl (C=O) groups is 2. The van der Waals surface area contributed by atoms with Crippen molar-refractivity contribution in [1.29, 1.82) is 0 Å². The molecule has 0 saturated carbocycles. The third kappa shape index (κ3) is 4.63. The minimum Gasteiger partial charge on any atom is -0.371 e. The van der Waals surface area contributed by atoms with Crippen molar-refractivity contribution in [1.82, 2.24) is 5.32 Å². The van der Waals surface area contributed by atoms with Crippen molar-refractivity contribution in [3.8, 4) is 0 Å². The molecule has 2 aromatic rings. The highest BCUT2D eigenvalue weighted by atomic mass is 16.2. The van der Waals surface area contributed by atoms with Gasteiger partial charge in [-0.25, -0.2) is 0 Å². The lowest BCUT2D eigenvalue weighted by atomic mass is 10.1. The maximum Gasteiger partial charge on any atom is 0.243 e. The first-order valence-electron chi connectivity index (χ1n) is 9.69. The van der Waals surface area contributed by atoms with E-state index in [1.54, 1.807) is 0 Å². The zero-order chi connectivity index (χ0) is 20.1. The van der Waals surface area contributed by atoms with Gasteiger partial charge in [0.1, 0.15) is 0 Å². The monoisotopic (exact) mass is 380 g/mol. The number of carbonyl (C=O) groups excluding carboxylic acids is 2. The van der Waals surface area contributed by atoms with Crippen LogP contribution in [0, 0.1) is 6.92 Å². The molecule has 6 heteroatoms. The standard InChI is InChI=1S/C22H28N4O2/c1-4-17-7-5-6-8-18(17)24-21(27)14-23-22(28)15-26-12-11-25(3)19-10-9-16(2)13-20(19)26/h5-10,13H,4,11-12,14-15H2,1-3H3,(H,23,28)(H,24,27). The third-order valence-electron chi connectivity index (χ3n) is 5.04. The van der Waals surface area contributed by atoms with Gasteiger partial charge in [-0.15, -0.1) is 0 Å². The molecule has 0 aliphatic carbocycles. The van der Waals surface area contributed by atoms with Crippen LogP contribution in [0.4, 0.5) is 17.1 Å². The summed E-state index contributed by atoms with van der Waals surface area (Å²) in [6.07, 6.45) is 0.838. The van der Waals surface area contributed by atoms with Crippen LogP contribution < -0.4 is 20.4 Å². The van der Waals surface area contributed by atoms with E-state index in [0.717, 1.165) is 47.7 Å². The molecule has 0 unspecified atom stereocenters. The first-order valence-corrected chi connectivity index (χ1v) is 9.69. The summed E-state index contributed by atoms with van der Waals surface area (Å²) in [7, 11) is 2.06. The van der Waals surface area contributed by atoms with Gasteiger partial charge in [-0.05, 0) is 42.7 Å². The van der Waals surface area contributed by atoms with Crippen LogP contribution in [0.1, 0.15) is 18.1 Å². The van der Waals surface area contributed by atoms with E-state index >= 15 is 0 Å². The molecule has 2 N–H and O–H groups in total. The molecule has 28 heavy (non-hydrogen) atoms. The molecule has 1 heterocycles. The number of para-hydroxylation sites is 1. The van der Waals surface area contributed by atoms with Crippen LogP contribution in [-0.2, 0) is 16.0 Å². The maximum atomic E-state index is 12.4. The third-order valence-corrected chi connectivity index (χ3v) is 5.04. The van der Waals surface area contributed by atoms with Gasteiger partial charge in [0.05, 0.1) is 24.5 Å². The Bertz CT molecular complexity index is 865. The largest absolute Gasteiger partial charge is 0.371 e.